The minimum atomic E-state index is -4.28. The van der Waals surface area contributed by atoms with Gasteiger partial charge < -0.3 is 0 Å². The summed E-state index contributed by atoms with van der Waals surface area (Å²) in [5.74, 6) is 0. The molecule has 1 rings (SSSR count). The first-order valence-corrected chi connectivity index (χ1v) is 5.24. The predicted octanol–water partition coefficient (Wildman–Crippen LogP) is 3.75. The van der Waals surface area contributed by atoms with Gasteiger partial charge in [0.15, 0.2) is 0 Å². The molecule has 0 aromatic heterocycles. The first kappa shape index (κ1) is 12.5. The second-order valence-corrected chi connectivity index (χ2v) is 4.16. The van der Waals surface area contributed by atoms with E-state index in [2.05, 4.69) is 4.99 Å². The molecule has 1 aromatic carbocycles. The Kier molecular flexibility index (Phi) is 3.75. The lowest BCUT2D eigenvalue weighted by atomic mass is 10.1. The van der Waals surface area contributed by atoms with Crippen molar-refractivity contribution >= 4 is 28.3 Å². The van der Waals surface area contributed by atoms with Gasteiger partial charge in [-0.2, -0.15) is 13.2 Å². The van der Waals surface area contributed by atoms with Crippen LogP contribution in [0.25, 0.3) is 0 Å². The van der Waals surface area contributed by atoms with E-state index < -0.39 is 11.7 Å². The summed E-state index contributed by atoms with van der Waals surface area (Å²) in [5.41, 5.74) is 0.846. The Morgan fingerprint density at radius 3 is 2.33 bits per heavy atom. The molecule has 0 saturated heterocycles. The van der Waals surface area contributed by atoms with E-state index in [1.165, 1.54) is 6.07 Å². The average molecular weight is 327 g/mol. The zero-order chi connectivity index (χ0) is 11.6. The topological polar surface area (TPSA) is 12.4 Å². The highest BCUT2D eigenvalue weighted by Gasteiger charge is 2.30. The molecule has 0 aliphatic carbocycles. The van der Waals surface area contributed by atoms with Crippen molar-refractivity contribution in [3.05, 3.63) is 32.9 Å². The van der Waals surface area contributed by atoms with Gasteiger partial charge in [0.1, 0.15) is 0 Å². The van der Waals surface area contributed by atoms with Crippen LogP contribution in [0.15, 0.2) is 23.2 Å². The lowest BCUT2D eigenvalue weighted by Gasteiger charge is -2.09. The Morgan fingerprint density at radius 1 is 1.33 bits per heavy atom. The van der Waals surface area contributed by atoms with Gasteiger partial charge in [-0.15, -0.1) is 0 Å². The molecule has 1 nitrogen and oxygen atoms in total. The molecule has 0 aliphatic rings. The third kappa shape index (κ3) is 2.93. The normalized spacial score (nSPS) is 13.1. The SMILES string of the molecule is C/N=C(/C)c1ccc(C(F)(F)F)cc1I. The van der Waals surface area contributed by atoms with E-state index in [1.807, 2.05) is 22.6 Å². The lowest BCUT2D eigenvalue weighted by molar-refractivity contribution is -0.137. The Labute approximate surface area is 99.5 Å². The maximum atomic E-state index is 12.3. The molecular weight excluding hydrogens is 318 g/mol. The minimum absolute atomic E-state index is 0.561. The molecule has 0 aliphatic heterocycles. The van der Waals surface area contributed by atoms with Crippen LogP contribution < -0.4 is 0 Å². The molecule has 15 heavy (non-hydrogen) atoms. The number of hydrogen-bond donors (Lipinski definition) is 0. The number of halogens is 4. The van der Waals surface area contributed by atoms with Gasteiger partial charge in [-0.3, -0.25) is 4.99 Å². The quantitative estimate of drug-likeness (QED) is 0.550. The number of aliphatic imine (C=N–C) groups is 1. The number of benzene rings is 1. The Morgan fingerprint density at radius 2 is 1.93 bits per heavy atom. The van der Waals surface area contributed by atoms with Crippen LogP contribution in [-0.2, 0) is 6.18 Å². The molecule has 0 amide bonds. The molecule has 0 heterocycles. The molecule has 0 radical (unpaired) electrons. The zero-order valence-corrected chi connectivity index (χ0v) is 10.3. The fraction of sp³-hybridized carbons (Fsp3) is 0.300. The highest BCUT2D eigenvalue weighted by atomic mass is 127. The van der Waals surface area contributed by atoms with Crippen LogP contribution >= 0.6 is 22.6 Å². The zero-order valence-electron chi connectivity index (χ0n) is 8.19. The van der Waals surface area contributed by atoms with Crippen LogP contribution in [0.5, 0.6) is 0 Å². The molecule has 0 bridgehead atoms. The van der Waals surface area contributed by atoms with Crippen LogP contribution in [0.3, 0.4) is 0 Å². The van der Waals surface area contributed by atoms with Gasteiger partial charge in [-0.05, 0) is 41.6 Å². The van der Waals surface area contributed by atoms with E-state index in [-0.39, 0.29) is 0 Å². The fourth-order valence-corrected chi connectivity index (χ4v) is 2.01. The van der Waals surface area contributed by atoms with Crippen LogP contribution in [0.1, 0.15) is 18.1 Å². The predicted molar refractivity (Wildman–Crippen MR) is 62.3 cm³/mol. The van der Waals surface area contributed by atoms with Crippen molar-refractivity contribution in [3.8, 4) is 0 Å². The van der Waals surface area contributed by atoms with Crippen molar-refractivity contribution in [3.63, 3.8) is 0 Å². The largest absolute Gasteiger partial charge is 0.416 e. The van der Waals surface area contributed by atoms with Gasteiger partial charge in [-0.25, -0.2) is 0 Å². The second-order valence-electron chi connectivity index (χ2n) is 3.00. The molecule has 0 saturated carbocycles. The standard InChI is InChI=1S/C10H9F3IN/c1-6(15-2)8-4-3-7(5-9(8)14)10(11,12)13/h3-5H,1-2H3/b15-6-. The maximum Gasteiger partial charge on any atom is 0.416 e. The molecule has 0 N–H and O–H groups in total. The molecule has 1 aromatic rings. The van der Waals surface area contributed by atoms with E-state index in [0.29, 0.717) is 3.57 Å². The summed E-state index contributed by atoms with van der Waals surface area (Å²) in [6.07, 6.45) is -4.28. The summed E-state index contributed by atoms with van der Waals surface area (Å²) in [6, 6.07) is 3.66. The van der Waals surface area contributed by atoms with Crippen LogP contribution in [0.4, 0.5) is 13.2 Å². The number of hydrogen-bond acceptors (Lipinski definition) is 1. The van der Waals surface area contributed by atoms with Gasteiger partial charge in [0, 0.05) is 21.9 Å². The summed E-state index contributed by atoms with van der Waals surface area (Å²) in [4.78, 5) is 3.94. The van der Waals surface area contributed by atoms with Gasteiger partial charge in [-0.1, -0.05) is 6.07 Å². The van der Waals surface area contributed by atoms with Crippen molar-refractivity contribution < 1.29 is 13.2 Å². The number of rotatable bonds is 1. The van der Waals surface area contributed by atoms with Crippen molar-refractivity contribution in [1.29, 1.82) is 0 Å². The fourth-order valence-electron chi connectivity index (χ4n) is 1.11. The van der Waals surface area contributed by atoms with Crippen molar-refractivity contribution in [1.82, 2.24) is 0 Å². The van der Waals surface area contributed by atoms with Crippen LogP contribution in [0.2, 0.25) is 0 Å². The van der Waals surface area contributed by atoms with Crippen molar-refractivity contribution in [2.24, 2.45) is 4.99 Å². The van der Waals surface area contributed by atoms with Gasteiger partial charge >= 0.3 is 6.18 Å². The minimum Gasteiger partial charge on any atom is -0.293 e. The molecule has 0 fully saturated rings. The Bertz CT molecular complexity index is 396. The second kappa shape index (κ2) is 4.51. The van der Waals surface area contributed by atoms with E-state index >= 15 is 0 Å². The van der Waals surface area contributed by atoms with E-state index in [0.717, 1.165) is 23.4 Å². The molecular formula is C10H9F3IN. The summed E-state index contributed by atoms with van der Waals surface area (Å²) in [5, 5.41) is 0. The van der Waals surface area contributed by atoms with Crippen molar-refractivity contribution in [2.45, 2.75) is 13.1 Å². The van der Waals surface area contributed by atoms with E-state index in [9.17, 15) is 13.2 Å². The summed E-state index contributed by atoms with van der Waals surface area (Å²) in [6.45, 7) is 1.77. The number of alkyl halides is 3. The van der Waals surface area contributed by atoms with Crippen LogP contribution in [0, 0.1) is 3.57 Å². The average Bonchev–Trinajstić information content (AvgIpc) is 2.15. The third-order valence-electron chi connectivity index (χ3n) is 2.02. The monoisotopic (exact) mass is 327 g/mol. The molecule has 5 heteroatoms. The van der Waals surface area contributed by atoms with Gasteiger partial charge in [0.05, 0.1) is 5.56 Å². The molecule has 82 valence electrons. The molecule has 0 unspecified atom stereocenters. The molecule has 0 spiro atoms. The van der Waals surface area contributed by atoms with E-state index in [4.69, 9.17) is 0 Å². The third-order valence-corrected chi connectivity index (χ3v) is 2.91. The highest BCUT2D eigenvalue weighted by molar-refractivity contribution is 14.1. The van der Waals surface area contributed by atoms with Crippen LogP contribution in [-0.4, -0.2) is 12.8 Å². The lowest BCUT2D eigenvalue weighted by Crippen LogP contribution is -2.07. The first-order chi connectivity index (χ1) is 6.86. The molecule has 0 atom stereocenters. The van der Waals surface area contributed by atoms with Gasteiger partial charge in [0.2, 0.25) is 0 Å². The maximum absolute atomic E-state index is 12.3. The summed E-state index contributed by atoms with van der Waals surface area (Å²) in [7, 11) is 1.61. The Balaban J connectivity index is 3.21. The van der Waals surface area contributed by atoms with Gasteiger partial charge in [0.25, 0.3) is 0 Å². The Hall–Kier alpha value is -0.590. The van der Waals surface area contributed by atoms with Crippen molar-refractivity contribution in [2.75, 3.05) is 7.05 Å². The summed E-state index contributed by atoms with van der Waals surface area (Å²) >= 11 is 1.88. The highest BCUT2D eigenvalue weighted by Crippen LogP contribution is 2.31. The first-order valence-electron chi connectivity index (χ1n) is 4.16. The summed E-state index contributed by atoms with van der Waals surface area (Å²) < 4.78 is 37.6. The van der Waals surface area contributed by atoms with E-state index in [1.54, 1.807) is 14.0 Å². The smallest absolute Gasteiger partial charge is 0.293 e. The number of nitrogens with zero attached hydrogens (tertiary/aromatic N) is 1.